The molecule has 6 rings (SSSR count). The van der Waals surface area contributed by atoms with Crippen molar-refractivity contribution in [2.45, 2.75) is 44.4 Å². The summed E-state index contributed by atoms with van der Waals surface area (Å²) < 4.78 is 1.77. The van der Waals surface area contributed by atoms with E-state index in [0.29, 0.717) is 30.5 Å². The number of nitrogens with one attached hydrogen (secondary N) is 1. The lowest BCUT2D eigenvalue weighted by Crippen LogP contribution is -2.38. The molecule has 8 heteroatoms. The highest BCUT2D eigenvalue weighted by Crippen LogP contribution is 2.39. The van der Waals surface area contributed by atoms with Crippen molar-refractivity contribution in [3.05, 3.63) is 59.3 Å². The molecule has 8 nitrogen and oxygen atoms in total. The van der Waals surface area contributed by atoms with Gasteiger partial charge in [0.15, 0.2) is 11.5 Å². The van der Waals surface area contributed by atoms with Gasteiger partial charge in [-0.15, -0.1) is 0 Å². The van der Waals surface area contributed by atoms with Gasteiger partial charge in [0.25, 0.3) is 5.91 Å². The van der Waals surface area contributed by atoms with Crippen LogP contribution in [-0.2, 0) is 7.05 Å². The monoisotopic (exact) mass is 441 g/mol. The lowest BCUT2D eigenvalue weighted by atomic mass is 9.95. The first-order chi connectivity index (χ1) is 16.1. The van der Waals surface area contributed by atoms with Crippen molar-refractivity contribution in [1.82, 2.24) is 34.8 Å². The molecule has 3 aromatic heterocycles. The molecule has 0 unspecified atom stereocenters. The minimum Gasteiger partial charge on any atom is -0.339 e. The summed E-state index contributed by atoms with van der Waals surface area (Å²) in [6, 6.07) is 11.9. The number of benzene rings is 1. The van der Waals surface area contributed by atoms with Crippen molar-refractivity contribution in [2.75, 3.05) is 13.1 Å². The summed E-state index contributed by atoms with van der Waals surface area (Å²) in [5.41, 5.74) is 4.02. The zero-order valence-electron chi connectivity index (χ0n) is 19.0. The van der Waals surface area contributed by atoms with Crippen LogP contribution in [0, 0.1) is 6.92 Å². The molecule has 0 atom stereocenters. The minimum absolute atomic E-state index is 0.0466. The second-order valence-corrected chi connectivity index (χ2v) is 9.25. The molecule has 1 amide bonds. The van der Waals surface area contributed by atoms with Crippen LogP contribution in [0.3, 0.4) is 0 Å². The highest BCUT2D eigenvalue weighted by molar-refractivity contribution is 6.07. The average molecular weight is 442 g/mol. The molecule has 0 spiro atoms. The summed E-state index contributed by atoms with van der Waals surface area (Å²) >= 11 is 0. The number of rotatable bonds is 4. The van der Waals surface area contributed by atoms with E-state index in [1.54, 1.807) is 4.68 Å². The van der Waals surface area contributed by atoms with Gasteiger partial charge in [0.2, 0.25) is 0 Å². The van der Waals surface area contributed by atoms with E-state index in [1.807, 2.05) is 55.3 Å². The molecule has 4 heterocycles. The molecule has 2 fully saturated rings. The number of hydrogen-bond acceptors (Lipinski definition) is 5. The maximum Gasteiger partial charge on any atom is 0.254 e. The van der Waals surface area contributed by atoms with E-state index in [9.17, 15) is 4.79 Å². The van der Waals surface area contributed by atoms with Gasteiger partial charge in [-0.3, -0.25) is 14.6 Å². The smallest absolute Gasteiger partial charge is 0.254 e. The van der Waals surface area contributed by atoms with E-state index in [4.69, 9.17) is 9.97 Å². The summed E-state index contributed by atoms with van der Waals surface area (Å²) in [6.45, 7) is 3.34. The van der Waals surface area contributed by atoms with Gasteiger partial charge in [0.1, 0.15) is 5.82 Å². The third-order valence-electron chi connectivity index (χ3n) is 6.90. The van der Waals surface area contributed by atoms with Gasteiger partial charge < -0.3 is 4.90 Å². The molecule has 0 radical (unpaired) electrons. The fourth-order valence-electron chi connectivity index (χ4n) is 4.89. The van der Waals surface area contributed by atoms with Crippen LogP contribution in [0.2, 0.25) is 0 Å². The summed E-state index contributed by atoms with van der Waals surface area (Å²) in [7, 11) is 1.88. The first-order valence-electron chi connectivity index (χ1n) is 11.7. The van der Waals surface area contributed by atoms with Gasteiger partial charge in [-0.25, -0.2) is 9.97 Å². The minimum atomic E-state index is 0.0466. The number of hydrogen-bond donors (Lipinski definition) is 1. The van der Waals surface area contributed by atoms with Crippen LogP contribution in [-0.4, -0.2) is 53.8 Å². The van der Waals surface area contributed by atoms with E-state index in [-0.39, 0.29) is 5.91 Å². The third kappa shape index (κ3) is 3.59. The zero-order valence-corrected chi connectivity index (χ0v) is 19.0. The number of aryl methyl sites for hydroxylation is 2. The predicted molar refractivity (Wildman–Crippen MR) is 125 cm³/mol. The number of amides is 1. The van der Waals surface area contributed by atoms with Crippen molar-refractivity contribution < 1.29 is 4.79 Å². The Kier molecular flexibility index (Phi) is 4.74. The topological polar surface area (TPSA) is 92.6 Å². The maximum atomic E-state index is 13.7. The van der Waals surface area contributed by atoms with E-state index in [2.05, 4.69) is 15.3 Å². The SMILES string of the molecule is Cc1nn(C)c2nc(-c3ccccc3)cc(C(=O)N3CCC(c4nc(C5CC5)n[nH]4)CC3)c12. The van der Waals surface area contributed by atoms with Gasteiger partial charge in [0, 0.05) is 37.5 Å². The quantitative estimate of drug-likeness (QED) is 0.517. The fraction of sp³-hybridized carbons (Fsp3) is 0.400. The lowest BCUT2D eigenvalue weighted by Gasteiger charge is -2.31. The number of carbonyl (C=O) groups is 1. The highest BCUT2D eigenvalue weighted by atomic mass is 16.2. The second-order valence-electron chi connectivity index (χ2n) is 9.25. The molecule has 1 saturated heterocycles. The Morgan fingerprint density at radius 3 is 2.52 bits per heavy atom. The Balaban J connectivity index is 1.28. The summed E-state index contributed by atoms with van der Waals surface area (Å²) in [5.74, 6) is 2.86. The standard InChI is InChI=1S/C25H27N7O/c1-15-21-19(14-20(16-6-4-3-5-7-16)26-24(21)31(2)30-15)25(33)32-12-10-18(11-13-32)23-27-22(28-29-23)17-8-9-17/h3-7,14,17-18H,8-13H2,1-2H3,(H,27,28,29). The summed E-state index contributed by atoms with van der Waals surface area (Å²) in [6.07, 6.45) is 4.17. The van der Waals surface area contributed by atoms with Gasteiger partial charge in [-0.2, -0.15) is 10.2 Å². The number of fused-ring (bicyclic) bond motifs is 1. The van der Waals surface area contributed by atoms with Gasteiger partial charge in [0.05, 0.1) is 22.3 Å². The zero-order chi connectivity index (χ0) is 22.5. The van der Waals surface area contributed by atoms with Crippen LogP contribution < -0.4 is 0 Å². The average Bonchev–Trinajstić information content (AvgIpc) is 3.51. The van der Waals surface area contributed by atoms with Crippen molar-refractivity contribution in [2.24, 2.45) is 7.05 Å². The molecule has 1 N–H and O–H groups in total. The van der Waals surface area contributed by atoms with Gasteiger partial charge in [-0.1, -0.05) is 30.3 Å². The number of H-pyrrole nitrogens is 1. The number of aromatic amines is 1. The normalized spacial score (nSPS) is 17.1. The Labute approximate surface area is 192 Å². The van der Waals surface area contributed by atoms with Crippen molar-refractivity contribution in [3.63, 3.8) is 0 Å². The second kappa shape index (κ2) is 7.79. The molecular weight excluding hydrogens is 414 g/mol. The number of piperidine rings is 1. The van der Waals surface area contributed by atoms with Gasteiger partial charge >= 0.3 is 0 Å². The van der Waals surface area contributed by atoms with Gasteiger partial charge in [-0.05, 0) is 38.7 Å². The van der Waals surface area contributed by atoms with Crippen LogP contribution >= 0.6 is 0 Å². The number of aromatic nitrogens is 6. The lowest BCUT2D eigenvalue weighted by molar-refractivity contribution is 0.0713. The molecule has 4 aromatic rings. The largest absolute Gasteiger partial charge is 0.339 e. The number of likely N-dealkylation sites (tertiary alicyclic amines) is 1. The third-order valence-corrected chi connectivity index (χ3v) is 6.90. The summed E-state index contributed by atoms with van der Waals surface area (Å²) in [5, 5.41) is 12.9. The number of nitrogens with zero attached hydrogens (tertiary/aromatic N) is 6. The van der Waals surface area contributed by atoms with E-state index in [1.165, 1.54) is 12.8 Å². The van der Waals surface area contributed by atoms with Crippen LogP contribution in [0.25, 0.3) is 22.3 Å². The first-order valence-corrected chi connectivity index (χ1v) is 11.7. The molecular formula is C25H27N7O. The summed E-state index contributed by atoms with van der Waals surface area (Å²) in [4.78, 5) is 25.3. The molecule has 168 valence electrons. The van der Waals surface area contributed by atoms with Crippen LogP contribution in [0.1, 0.15) is 65.2 Å². The van der Waals surface area contributed by atoms with Crippen LogP contribution in [0.4, 0.5) is 0 Å². The number of carbonyl (C=O) groups excluding carboxylic acids is 1. The molecule has 1 aromatic carbocycles. The fourth-order valence-corrected chi connectivity index (χ4v) is 4.89. The van der Waals surface area contributed by atoms with Crippen LogP contribution in [0.15, 0.2) is 36.4 Å². The Hall–Kier alpha value is -3.55. The molecule has 1 aliphatic carbocycles. The number of pyridine rings is 1. The molecule has 2 aliphatic rings. The van der Waals surface area contributed by atoms with Crippen LogP contribution in [0.5, 0.6) is 0 Å². The maximum absolute atomic E-state index is 13.7. The van der Waals surface area contributed by atoms with Crippen molar-refractivity contribution >= 4 is 16.9 Å². The van der Waals surface area contributed by atoms with E-state index >= 15 is 0 Å². The van der Waals surface area contributed by atoms with E-state index in [0.717, 1.165) is 52.5 Å². The Bertz CT molecular complexity index is 1330. The van der Waals surface area contributed by atoms with Crippen molar-refractivity contribution in [1.29, 1.82) is 0 Å². The molecule has 1 aliphatic heterocycles. The Morgan fingerprint density at radius 2 is 1.79 bits per heavy atom. The molecule has 33 heavy (non-hydrogen) atoms. The Morgan fingerprint density at radius 1 is 1.03 bits per heavy atom. The molecule has 1 saturated carbocycles. The predicted octanol–water partition coefficient (Wildman–Crippen LogP) is 3.96. The molecule has 0 bridgehead atoms. The highest BCUT2D eigenvalue weighted by Gasteiger charge is 2.31. The van der Waals surface area contributed by atoms with E-state index < -0.39 is 0 Å². The van der Waals surface area contributed by atoms with Crippen molar-refractivity contribution in [3.8, 4) is 11.3 Å². The first kappa shape index (κ1) is 20.1.